The number of rotatable bonds is 4. The third-order valence-electron chi connectivity index (χ3n) is 5.41. The first-order valence-electron chi connectivity index (χ1n) is 10.0. The summed E-state index contributed by atoms with van der Waals surface area (Å²) in [4.78, 5) is 25.1. The van der Waals surface area contributed by atoms with E-state index in [1.807, 2.05) is 24.3 Å². The van der Waals surface area contributed by atoms with Gasteiger partial charge in [-0.3, -0.25) is 9.36 Å². The molecule has 1 aliphatic rings. The molecule has 4 aromatic rings. The molecule has 0 saturated carbocycles. The summed E-state index contributed by atoms with van der Waals surface area (Å²) in [7, 11) is 0. The second-order valence-electron chi connectivity index (χ2n) is 7.39. The fraction of sp³-hybridized carbons (Fsp3) is 0.261. The van der Waals surface area contributed by atoms with Gasteiger partial charge in [-0.05, 0) is 56.9 Å². The number of aromatic amines is 1. The van der Waals surface area contributed by atoms with E-state index < -0.39 is 0 Å². The number of hydrogen-bond donors (Lipinski definition) is 1. The van der Waals surface area contributed by atoms with E-state index in [2.05, 4.69) is 40.7 Å². The Labute approximate surface area is 173 Å². The fourth-order valence-electron chi connectivity index (χ4n) is 3.95. The number of benzene rings is 2. The standard InChI is InChI=1S/C23H22N4OS/c1-15(21-24-18-12-6-5-11-17(18)22(28)26-21)29-23-25-19-13-7-8-14-20(19)27(23)16-9-3-2-4-10-16/h2-6,9-12,15H,7-8,13-14H2,1H3,(H,24,26,28)/t15-/m1/s1. The van der Waals surface area contributed by atoms with Crippen LogP contribution in [0.25, 0.3) is 16.6 Å². The first kappa shape index (κ1) is 18.2. The minimum atomic E-state index is -0.0938. The maximum atomic E-state index is 12.5. The molecule has 0 aliphatic heterocycles. The van der Waals surface area contributed by atoms with Crippen molar-refractivity contribution in [2.75, 3.05) is 0 Å². The highest BCUT2D eigenvalue weighted by atomic mass is 32.2. The summed E-state index contributed by atoms with van der Waals surface area (Å²) < 4.78 is 2.29. The molecule has 1 atom stereocenters. The van der Waals surface area contributed by atoms with Crippen LogP contribution in [0.3, 0.4) is 0 Å². The molecule has 2 aromatic heterocycles. The molecule has 0 radical (unpaired) electrons. The molecule has 0 saturated heterocycles. The van der Waals surface area contributed by atoms with Crippen LogP contribution < -0.4 is 5.56 Å². The SMILES string of the molecule is C[C@@H](Sc1nc2c(n1-c1ccccc1)CCCC2)c1nc2ccccc2c(=O)[nH]1. The molecule has 0 amide bonds. The summed E-state index contributed by atoms with van der Waals surface area (Å²) in [6, 6.07) is 17.9. The van der Waals surface area contributed by atoms with E-state index in [0.717, 1.165) is 29.2 Å². The number of aryl methyl sites for hydroxylation is 1. The molecule has 29 heavy (non-hydrogen) atoms. The molecule has 6 heteroatoms. The maximum absolute atomic E-state index is 12.5. The lowest BCUT2D eigenvalue weighted by atomic mass is 10.0. The molecule has 2 heterocycles. The monoisotopic (exact) mass is 402 g/mol. The predicted molar refractivity (Wildman–Crippen MR) is 117 cm³/mol. The van der Waals surface area contributed by atoms with Crippen LogP contribution in [0.1, 0.15) is 42.2 Å². The van der Waals surface area contributed by atoms with Crippen molar-refractivity contribution >= 4 is 22.7 Å². The zero-order chi connectivity index (χ0) is 19.8. The van der Waals surface area contributed by atoms with Crippen molar-refractivity contribution in [3.8, 4) is 5.69 Å². The third-order valence-corrected chi connectivity index (χ3v) is 6.48. The Bertz CT molecular complexity index is 1230. The van der Waals surface area contributed by atoms with Gasteiger partial charge in [0, 0.05) is 11.4 Å². The van der Waals surface area contributed by atoms with E-state index in [-0.39, 0.29) is 10.8 Å². The first-order valence-corrected chi connectivity index (χ1v) is 10.9. The van der Waals surface area contributed by atoms with Gasteiger partial charge < -0.3 is 4.98 Å². The summed E-state index contributed by atoms with van der Waals surface area (Å²) in [6.07, 6.45) is 4.47. The van der Waals surface area contributed by atoms with Crippen LogP contribution in [-0.2, 0) is 12.8 Å². The van der Waals surface area contributed by atoms with Crippen molar-refractivity contribution in [3.05, 3.63) is 82.2 Å². The van der Waals surface area contributed by atoms with Gasteiger partial charge in [0.25, 0.3) is 5.56 Å². The lowest BCUT2D eigenvalue weighted by Gasteiger charge is -2.16. The van der Waals surface area contributed by atoms with Gasteiger partial charge in [0.05, 0.1) is 21.8 Å². The van der Waals surface area contributed by atoms with E-state index in [4.69, 9.17) is 9.97 Å². The normalized spacial score (nSPS) is 14.7. The molecular formula is C23H22N4OS. The summed E-state index contributed by atoms with van der Waals surface area (Å²) in [6.45, 7) is 2.07. The van der Waals surface area contributed by atoms with E-state index in [1.54, 1.807) is 17.8 Å². The van der Waals surface area contributed by atoms with Gasteiger partial charge in [-0.15, -0.1) is 0 Å². The highest BCUT2D eigenvalue weighted by molar-refractivity contribution is 7.99. The van der Waals surface area contributed by atoms with Crippen molar-refractivity contribution in [3.63, 3.8) is 0 Å². The minimum absolute atomic E-state index is 0.0291. The average molecular weight is 403 g/mol. The molecule has 1 aliphatic carbocycles. The Hall–Kier alpha value is -2.86. The molecule has 0 spiro atoms. The topological polar surface area (TPSA) is 63.6 Å². The van der Waals surface area contributed by atoms with E-state index >= 15 is 0 Å². The van der Waals surface area contributed by atoms with E-state index in [1.165, 1.54) is 24.2 Å². The lowest BCUT2D eigenvalue weighted by molar-refractivity contribution is 0.654. The molecule has 5 rings (SSSR count). The van der Waals surface area contributed by atoms with Gasteiger partial charge in [0.15, 0.2) is 5.16 Å². The highest BCUT2D eigenvalue weighted by Gasteiger charge is 2.23. The number of nitrogens with zero attached hydrogens (tertiary/aromatic N) is 3. The maximum Gasteiger partial charge on any atom is 0.258 e. The van der Waals surface area contributed by atoms with Crippen molar-refractivity contribution in [1.82, 2.24) is 19.5 Å². The molecule has 2 aromatic carbocycles. The van der Waals surface area contributed by atoms with Gasteiger partial charge in [0.1, 0.15) is 5.82 Å². The Morgan fingerprint density at radius 2 is 1.76 bits per heavy atom. The quantitative estimate of drug-likeness (QED) is 0.496. The summed E-state index contributed by atoms with van der Waals surface area (Å²) in [5, 5.41) is 1.56. The van der Waals surface area contributed by atoms with Crippen LogP contribution in [0.4, 0.5) is 0 Å². The number of H-pyrrole nitrogens is 1. The van der Waals surface area contributed by atoms with Crippen molar-refractivity contribution in [1.29, 1.82) is 0 Å². The molecule has 0 fully saturated rings. The number of aromatic nitrogens is 4. The number of fused-ring (bicyclic) bond motifs is 2. The molecule has 5 nitrogen and oxygen atoms in total. The Morgan fingerprint density at radius 1 is 1.00 bits per heavy atom. The van der Waals surface area contributed by atoms with E-state index in [9.17, 15) is 4.79 Å². The van der Waals surface area contributed by atoms with Crippen LogP contribution in [0.5, 0.6) is 0 Å². The third kappa shape index (κ3) is 3.38. The van der Waals surface area contributed by atoms with Gasteiger partial charge >= 0.3 is 0 Å². The summed E-state index contributed by atoms with van der Waals surface area (Å²) >= 11 is 1.65. The molecule has 146 valence electrons. The van der Waals surface area contributed by atoms with Crippen molar-refractivity contribution in [2.24, 2.45) is 0 Å². The lowest BCUT2D eigenvalue weighted by Crippen LogP contribution is -2.13. The number of thioether (sulfide) groups is 1. The number of imidazole rings is 1. The highest BCUT2D eigenvalue weighted by Crippen LogP contribution is 2.37. The minimum Gasteiger partial charge on any atom is -0.309 e. The second-order valence-corrected chi connectivity index (χ2v) is 8.70. The molecular weight excluding hydrogens is 380 g/mol. The van der Waals surface area contributed by atoms with Crippen LogP contribution in [0, 0.1) is 0 Å². The number of para-hydroxylation sites is 2. The zero-order valence-electron chi connectivity index (χ0n) is 16.3. The van der Waals surface area contributed by atoms with Crippen LogP contribution in [0.15, 0.2) is 64.5 Å². The van der Waals surface area contributed by atoms with E-state index in [0.29, 0.717) is 11.2 Å². The summed E-state index contributed by atoms with van der Waals surface area (Å²) in [5.41, 5.74) is 4.29. The Balaban J connectivity index is 1.55. The van der Waals surface area contributed by atoms with Crippen molar-refractivity contribution in [2.45, 2.75) is 43.0 Å². The largest absolute Gasteiger partial charge is 0.309 e. The molecule has 0 bridgehead atoms. The van der Waals surface area contributed by atoms with Crippen LogP contribution >= 0.6 is 11.8 Å². The molecule has 0 unspecified atom stereocenters. The predicted octanol–water partition coefficient (Wildman–Crippen LogP) is 4.84. The average Bonchev–Trinajstić information content (AvgIpc) is 3.12. The molecule has 1 N–H and O–H groups in total. The summed E-state index contributed by atoms with van der Waals surface area (Å²) in [5.74, 6) is 0.680. The zero-order valence-corrected chi connectivity index (χ0v) is 17.1. The number of hydrogen-bond acceptors (Lipinski definition) is 4. The first-order chi connectivity index (χ1) is 14.2. The number of nitrogens with one attached hydrogen (secondary N) is 1. The van der Waals surface area contributed by atoms with Gasteiger partial charge in [-0.25, -0.2) is 9.97 Å². The second kappa shape index (κ2) is 7.52. The van der Waals surface area contributed by atoms with Gasteiger partial charge in [0.2, 0.25) is 0 Å². The fourth-order valence-corrected chi connectivity index (χ4v) is 4.97. The van der Waals surface area contributed by atoms with Crippen molar-refractivity contribution < 1.29 is 0 Å². The van der Waals surface area contributed by atoms with Crippen LogP contribution in [0.2, 0.25) is 0 Å². The smallest absolute Gasteiger partial charge is 0.258 e. The Morgan fingerprint density at radius 3 is 2.62 bits per heavy atom. The van der Waals surface area contributed by atoms with Crippen LogP contribution in [-0.4, -0.2) is 19.5 Å². The van der Waals surface area contributed by atoms with Gasteiger partial charge in [-0.1, -0.05) is 42.1 Å². The van der Waals surface area contributed by atoms with Gasteiger partial charge in [-0.2, -0.15) is 0 Å². The Kier molecular flexibility index (Phi) is 4.72.